The highest BCUT2D eigenvalue weighted by atomic mass is 79.9. The van der Waals surface area contributed by atoms with Gasteiger partial charge >= 0.3 is 0 Å². The smallest absolute Gasteiger partial charge is 0.188 e. The van der Waals surface area contributed by atoms with Crippen molar-refractivity contribution < 1.29 is 0 Å². The van der Waals surface area contributed by atoms with Crippen LogP contribution in [-0.4, -0.2) is 4.98 Å². The molecule has 0 radical (unpaired) electrons. The molecule has 0 amide bonds. The average Bonchev–Trinajstić information content (AvgIpc) is 2.81. The van der Waals surface area contributed by atoms with E-state index in [4.69, 9.17) is 23.2 Å². The van der Waals surface area contributed by atoms with Crippen LogP contribution in [-0.2, 0) is 0 Å². The zero-order valence-electron chi connectivity index (χ0n) is 10.4. The first-order valence-corrected chi connectivity index (χ1v) is 8.19. The molecular formula is C14H9BrCl2N2S. The second-order valence-corrected chi connectivity index (χ2v) is 6.98. The summed E-state index contributed by atoms with van der Waals surface area (Å²) in [4.78, 5) is 4.56. The third-order valence-electron chi connectivity index (χ3n) is 2.82. The predicted octanol–water partition coefficient (Wildman–Crippen LogP) is 6.42. The standard InChI is InChI=1S/C14H9BrCl2N2S/c1-7-2-5-11-10(6-7)19-14(20-11)18-9-4-3-8(15)12(16)13(9)17/h2-6H,1H3,(H,18,19). The number of aromatic nitrogens is 1. The van der Waals surface area contributed by atoms with Gasteiger partial charge in [0.15, 0.2) is 5.13 Å². The van der Waals surface area contributed by atoms with Crippen LogP contribution in [0.3, 0.4) is 0 Å². The predicted molar refractivity (Wildman–Crippen MR) is 91.8 cm³/mol. The molecule has 0 bridgehead atoms. The van der Waals surface area contributed by atoms with E-state index in [1.165, 1.54) is 5.56 Å². The normalized spacial score (nSPS) is 11.0. The zero-order chi connectivity index (χ0) is 14.3. The molecule has 6 heteroatoms. The summed E-state index contributed by atoms with van der Waals surface area (Å²) in [5.74, 6) is 0. The van der Waals surface area contributed by atoms with Gasteiger partial charge in [-0.05, 0) is 52.7 Å². The molecule has 0 saturated heterocycles. The molecule has 3 rings (SSSR count). The minimum absolute atomic E-state index is 0.483. The van der Waals surface area contributed by atoms with Gasteiger partial charge in [0.1, 0.15) is 0 Å². The van der Waals surface area contributed by atoms with Gasteiger partial charge in [0, 0.05) is 4.47 Å². The van der Waals surface area contributed by atoms with Crippen molar-refractivity contribution in [2.24, 2.45) is 0 Å². The van der Waals surface area contributed by atoms with Crippen molar-refractivity contribution in [3.63, 3.8) is 0 Å². The van der Waals surface area contributed by atoms with Crippen LogP contribution in [0.25, 0.3) is 10.2 Å². The Bertz CT molecular complexity index is 801. The summed E-state index contributed by atoms with van der Waals surface area (Å²) in [6.45, 7) is 2.05. The van der Waals surface area contributed by atoms with Gasteiger partial charge in [-0.15, -0.1) is 0 Å². The Morgan fingerprint density at radius 2 is 1.95 bits per heavy atom. The van der Waals surface area contributed by atoms with Crippen LogP contribution in [0.15, 0.2) is 34.8 Å². The van der Waals surface area contributed by atoms with Crippen molar-refractivity contribution in [2.45, 2.75) is 6.92 Å². The Morgan fingerprint density at radius 3 is 2.75 bits per heavy atom. The topological polar surface area (TPSA) is 24.9 Å². The maximum absolute atomic E-state index is 6.22. The van der Waals surface area contributed by atoms with Crippen molar-refractivity contribution >= 4 is 71.5 Å². The number of nitrogens with zero attached hydrogens (tertiary/aromatic N) is 1. The maximum atomic E-state index is 6.22. The summed E-state index contributed by atoms with van der Waals surface area (Å²) in [6.07, 6.45) is 0. The Morgan fingerprint density at radius 1 is 1.15 bits per heavy atom. The van der Waals surface area contributed by atoms with Crippen LogP contribution >= 0.6 is 50.5 Å². The minimum Gasteiger partial charge on any atom is -0.330 e. The molecule has 0 aliphatic rings. The van der Waals surface area contributed by atoms with Crippen molar-refractivity contribution in [3.05, 3.63) is 50.4 Å². The number of nitrogens with one attached hydrogen (secondary N) is 1. The lowest BCUT2D eigenvalue weighted by molar-refractivity contribution is 1.42. The molecule has 0 unspecified atom stereocenters. The second-order valence-electron chi connectivity index (χ2n) is 4.34. The molecule has 1 aromatic heterocycles. The molecule has 0 atom stereocenters. The quantitative estimate of drug-likeness (QED) is 0.513. The molecule has 0 aliphatic heterocycles. The Hall–Kier alpha value is -0.810. The second kappa shape index (κ2) is 5.53. The fraction of sp³-hybridized carbons (Fsp3) is 0.0714. The van der Waals surface area contributed by atoms with Crippen LogP contribution in [0.4, 0.5) is 10.8 Å². The van der Waals surface area contributed by atoms with E-state index in [0.29, 0.717) is 10.0 Å². The Labute approximate surface area is 138 Å². The zero-order valence-corrected chi connectivity index (χ0v) is 14.3. The first-order valence-electron chi connectivity index (χ1n) is 5.82. The monoisotopic (exact) mass is 386 g/mol. The molecule has 2 aromatic carbocycles. The fourth-order valence-electron chi connectivity index (χ4n) is 1.83. The third kappa shape index (κ3) is 2.66. The number of aryl methyl sites for hydroxylation is 1. The van der Waals surface area contributed by atoms with Crippen molar-refractivity contribution in [1.82, 2.24) is 4.98 Å². The van der Waals surface area contributed by atoms with Gasteiger partial charge in [-0.1, -0.05) is 40.6 Å². The van der Waals surface area contributed by atoms with Crippen LogP contribution < -0.4 is 5.32 Å². The number of fused-ring (bicyclic) bond motifs is 1. The van der Waals surface area contributed by atoms with Gasteiger partial charge in [0.2, 0.25) is 0 Å². The average molecular weight is 388 g/mol. The molecule has 0 aliphatic carbocycles. The minimum atomic E-state index is 0.483. The van der Waals surface area contributed by atoms with Gasteiger partial charge < -0.3 is 5.32 Å². The molecular weight excluding hydrogens is 379 g/mol. The van der Waals surface area contributed by atoms with Crippen LogP contribution in [0.2, 0.25) is 10.0 Å². The number of hydrogen-bond acceptors (Lipinski definition) is 3. The molecule has 0 fully saturated rings. The summed E-state index contributed by atoms with van der Waals surface area (Å²) in [7, 11) is 0. The van der Waals surface area contributed by atoms with E-state index in [9.17, 15) is 0 Å². The maximum Gasteiger partial charge on any atom is 0.188 e. The fourth-order valence-corrected chi connectivity index (χ4v) is 3.51. The van der Waals surface area contributed by atoms with Gasteiger partial charge in [-0.3, -0.25) is 0 Å². The van der Waals surface area contributed by atoms with E-state index in [1.54, 1.807) is 11.3 Å². The van der Waals surface area contributed by atoms with Crippen LogP contribution in [0, 0.1) is 6.92 Å². The number of anilines is 2. The van der Waals surface area contributed by atoms with Gasteiger partial charge in [0.05, 0.1) is 25.9 Å². The number of hydrogen-bond donors (Lipinski definition) is 1. The van der Waals surface area contributed by atoms with E-state index in [0.717, 1.165) is 25.5 Å². The summed E-state index contributed by atoms with van der Waals surface area (Å²) >= 11 is 17.3. The number of rotatable bonds is 2. The molecule has 0 saturated carbocycles. The van der Waals surface area contributed by atoms with E-state index >= 15 is 0 Å². The number of thiazole rings is 1. The highest BCUT2D eigenvalue weighted by Gasteiger charge is 2.10. The largest absolute Gasteiger partial charge is 0.330 e. The summed E-state index contributed by atoms with van der Waals surface area (Å²) in [5.41, 5.74) is 2.92. The molecule has 102 valence electrons. The highest BCUT2D eigenvalue weighted by molar-refractivity contribution is 9.10. The van der Waals surface area contributed by atoms with Crippen LogP contribution in [0.1, 0.15) is 5.56 Å². The Balaban J connectivity index is 1.99. The molecule has 1 heterocycles. The lowest BCUT2D eigenvalue weighted by Gasteiger charge is -2.07. The first-order chi connectivity index (χ1) is 9.54. The van der Waals surface area contributed by atoms with Crippen LogP contribution in [0.5, 0.6) is 0 Å². The summed E-state index contributed by atoms with van der Waals surface area (Å²) in [6, 6.07) is 9.94. The van der Waals surface area contributed by atoms with Crippen molar-refractivity contribution in [2.75, 3.05) is 5.32 Å². The first kappa shape index (κ1) is 14.1. The summed E-state index contributed by atoms with van der Waals surface area (Å²) < 4.78 is 1.91. The van der Waals surface area contributed by atoms with E-state index in [2.05, 4.69) is 51.4 Å². The third-order valence-corrected chi connectivity index (χ3v) is 5.54. The van der Waals surface area contributed by atoms with Crippen molar-refractivity contribution in [3.8, 4) is 0 Å². The van der Waals surface area contributed by atoms with Crippen molar-refractivity contribution in [1.29, 1.82) is 0 Å². The lowest BCUT2D eigenvalue weighted by Crippen LogP contribution is -1.91. The molecule has 2 nitrogen and oxygen atoms in total. The van der Waals surface area contributed by atoms with Gasteiger partial charge in [-0.2, -0.15) is 0 Å². The Kier molecular flexibility index (Phi) is 3.91. The highest BCUT2D eigenvalue weighted by Crippen LogP contribution is 2.38. The summed E-state index contributed by atoms with van der Waals surface area (Å²) in [5, 5.41) is 4.99. The van der Waals surface area contributed by atoms with E-state index in [1.807, 2.05) is 12.1 Å². The lowest BCUT2D eigenvalue weighted by atomic mass is 10.2. The molecule has 0 spiro atoms. The van der Waals surface area contributed by atoms with Gasteiger partial charge in [-0.25, -0.2) is 4.98 Å². The number of halogens is 3. The molecule has 3 aromatic rings. The van der Waals surface area contributed by atoms with E-state index < -0.39 is 0 Å². The molecule has 1 N–H and O–H groups in total. The number of benzene rings is 2. The van der Waals surface area contributed by atoms with Gasteiger partial charge in [0.25, 0.3) is 0 Å². The molecule has 20 heavy (non-hydrogen) atoms. The van der Waals surface area contributed by atoms with E-state index in [-0.39, 0.29) is 0 Å². The SMILES string of the molecule is Cc1ccc2sc(Nc3ccc(Br)c(Cl)c3Cl)nc2c1.